The van der Waals surface area contributed by atoms with Crippen LogP contribution in [0.3, 0.4) is 0 Å². The Hall–Kier alpha value is -2.01. The Labute approximate surface area is 133 Å². The largest absolute Gasteiger partial charge is 0.378 e. The molecule has 21 heavy (non-hydrogen) atoms. The summed E-state index contributed by atoms with van der Waals surface area (Å²) in [6.45, 7) is 0.228. The van der Waals surface area contributed by atoms with Crippen LogP contribution >= 0.6 is 15.9 Å². The van der Waals surface area contributed by atoms with E-state index in [9.17, 15) is 4.79 Å². The van der Waals surface area contributed by atoms with Crippen LogP contribution in [-0.2, 0) is 4.79 Å². The minimum absolute atomic E-state index is 0.0763. The molecular formula is C16H18BrN3O. The number of hydrogen-bond donors (Lipinski definition) is 2. The van der Waals surface area contributed by atoms with Crippen LogP contribution in [0, 0.1) is 0 Å². The highest BCUT2D eigenvalue weighted by atomic mass is 79.9. The molecule has 2 aromatic rings. The van der Waals surface area contributed by atoms with E-state index in [4.69, 9.17) is 0 Å². The van der Waals surface area contributed by atoms with Crippen molar-refractivity contribution in [2.75, 3.05) is 36.2 Å². The number of nitrogens with one attached hydrogen (secondary N) is 2. The van der Waals surface area contributed by atoms with Crippen molar-refractivity contribution in [1.29, 1.82) is 0 Å². The quantitative estimate of drug-likeness (QED) is 0.868. The average molecular weight is 348 g/mol. The van der Waals surface area contributed by atoms with Crippen molar-refractivity contribution < 1.29 is 4.79 Å². The zero-order valence-electron chi connectivity index (χ0n) is 12.1. The zero-order valence-corrected chi connectivity index (χ0v) is 13.6. The van der Waals surface area contributed by atoms with Crippen LogP contribution in [0.2, 0.25) is 0 Å². The fourth-order valence-corrected chi connectivity index (χ4v) is 2.23. The minimum atomic E-state index is -0.0763. The summed E-state index contributed by atoms with van der Waals surface area (Å²) in [5.41, 5.74) is 2.80. The summed E-state index contributed by atoms with van der Waals surface area (Å²) < 4.78 is 0.979. The van der Waals surface area contributed by atoms with E-state index in [2.05, 4.69) is 26.6 Å². The van der Waals surface area contributed by atoms with E-state index in [0.717, 1.165) is 21.5 Å². The van der Waals surface area contributed by atoms with Gasteiger partial charge in [-0.25, -0.2) is 0 Å². The number of hydrogen-bond acceptors (Lipinski definition) is 3. The molecule has 0 aromatic heterocycles. The maximum atomic E-state index is 11.9. The molecule has 0 bridgehead atoms. The number of anilines is 3. The molecule has 0 saturated carbocycles. The first kappa shape index (κ1) is 15.4. The van der Waals surface area contributed by atoms with E-state index in [0.29, 0.717) is 0 Å². The number of benzene rings is 2. The molecule has 0 aliphatic carbocycles. The lowest BCUT2D eigenvalue weighted by Gasteiger charge is -2.13. The molecule has 0 unspecified atom stereocenters. The fraction of sp³-hybridized carbons (Fsp3) is 0.188. The van der Waals surface area contributed by atoms with Crippen LogP contribution in [-0.4, -0.2) is 26.5 Å². The van der Waals surface area contributed by atoms with Crippen LogP contribution in [0.1, 0.15) is 0 Å². The summed E-state index contributed by atoms with van der Waals surface area (Å²) in [6, 6.07) is 15.4. The maximum Gasteiger partial charge on any atom is 0.243 e. The standard InChI is InChI=1S/C16H18BrN3O/c1-20(2)15-8-6-13(7-9-15)19-16(21)11-18-14-5-3-4-12(17)10-14/h3-10,18H,11H2,1-2H3,(H,19,21). The van der Waals surface area contributed by atoms with Gasteiger partial charge in [0, 0.05) is 35.6 Å². The van der Waals surface area contributed by atoms with E-state index in [-0.39, 0.29) is 12.5 Å². The molecule has 0 aliphatic heterocycles. The summed E-state index contributed by atoms with van der Waals surface area (Å²) in [5.74, 6) is -0.0763. The number of rotatable bonds is 5. The summed E-state index contributed by atoms with van der Waals surface area (Å²) >= 11 is 3.40. The molecule has 1 amide bonds. The van der Waals surface area contributed by atoms with Gasteiger partial charge in [0.1, 0.15) is 0 Å². The third kappa shape index (κ3) is 4.79. The second-order valence-electron chi connectivity index (χ2n) is 4.85. The van der Waals surface area contributed by atoms with Crippen LogP contribution < -0.4 is 15.5 Å². The van der Waals surface area contributed by atoms with Crippen LogP contribution in [0.15, 0.2) is 53.0 Å². The summed E-state index contributed by atoms with van der Waals surface area (Å²) in [5, 5.41) is 5.95. The highest BCUT2D eigenvalue weighted by molar-refractivity contribution is 9.10. The monoisotopic (exact) mass is 347 g/mol. The Kier molecular flexibility index (Phi) is 5.22. The van der Waals surface area contributed by atoms with Gasteiger partial charge in [-0.05, 0) is 42.5 Å². The lowest BCUT2D eigenvalue weighted by molar-refractivity contribution is -0.114. The second-order valence-corrected chi connectivity index (χ2v) is 5.77. The average Bonchev–Trinajstić information content (AvgIpc) is 2.46. The Morgan fingerprint density at radius 2 is 1.81 bits per heavy atom. The third-order valence-corrected chi connectivity index (χ3v) is 3.44. The highest BCUT2D eigenvalue weighted by Gasteiger charge is 2.03. The predicted octanol–water partition coefficient (Wildman–Crippen LogP) is 3.57. The number of carbonyl (C=O) groups excluding carboxylic acids is 1. The van der Waals surface area contributed by atoms with Crippen molar-refractivity contribution in [1.82, 2.24) is 0 Å². The zero-order chi connectivity index (χ0) is 15.2. The molecule has 0 aliphatic rings. The topological polar surface area (TPSA) is 44.4 Å². The molecule has 0 spiro atoms. The number of halogens is 1. The van der Waals surface area contributed by atoms with E-state index in [1.54, 1.807) is 0 Å². The SMILES string of the molecule is CN(C)c1ccc(NC(=O)CNc2cccc(Br)c2)cc1. The first-order chi connectivity index (χ1) is 10.0. The fourth-order valence-electron chi connectivity index (χ4n) is 1.83. The predicted molar refractivity (Wildman–Crippen MR) is 92.0 cm³/mol. The smallest absolute Gasteiger partial charge is 0.243 e. The molecule has 0 fully saturated rings. The molecule has 110 valence electrons. The van der Waals surface area contributed by atoms with Crippen molar-refractivity contribution in [3.63, 3.8) is 0 Å². The van der Waals surface area contributed by atoms with Gasteiger partial charge >= 0.3 is 0 Å². The van der Waals surface area contributed by atoms with Crippen molar-refractivity contribution in [3.8, 4) is 0 Å². The molecule has 5 heteroatoms. The molecule has 0 heterocycles. The molecule has 2 rings (SSSR count). The minimum Gasteiger partial charge on any atom is -0.378 e. The van der Waals surface area contributed by atoms with Gasteiger partial charge in [0.25, 0.3) is 0 Å². The van der Waals surface area contributed by atoms with Crippen LogP contribution in [0.25, 0.3) is 0 Å². The Balaban J connectivity index is 1.87. The van der Waals surface area contributed by atoms with Gasteiger partial charge in [0.15, 0.2) is 0 Å². The Morgan fingerprint density at radius 3 is 2.43 bits per heavy atom. The number of carbonyl (C=O) groups is 1. The van der Waals surface area contributed by atoms with Crippen molar-refractivity contribution in [2.45, 2.75) is 0 Å². The van der Waals surface area contributed by atoms with E-state index >= 15 is 0 Å². The molecule has 0 atom stereocenters. The van der Waals surface area contributed by atoms with Gasteiger partial charge in [-0.15, -0.1) is 0 Å². The summed E-state index contributed by atoms with van der Waals surface area (Å²) in [7, 11) is 3.96. The first-order valence-electron chi connectivity index (χ1n) is 6.61. The Bertz CT molecular complexity index is 611. The van der Waals surface area contributed by atoms with Crippen molar-refractivity contribution >= 4 is 38.9 Å². The van der Waals surface area contributed by atoms with Crippen molar-refractivity contribution in [3.05, 3.63) is 53.0 Å². The van der Waals surface area contributed by atoms with E-state index < -0.39 is 0 Å². The number of nitrogens with zero attached hydrogens (tertiary/aromatic N) is 1. The van der Waals surface area contributed by atoms with Gasteiger partial charge in [-0.2, -0.15) is 0 Å². The van der Waals surface area contributed by atoms with Crippen LogP contribution in [0.4, 0.5) is 17.1 Å². The molecule has 0 radical (unpaired) electrons. The third-order valence-electron chi connectivity index (χ3n) is 2.95. The maximum absolute atomic E-state index is 11.9. The molecular weight excluding hydrogens is 330 g/mol. The van der Waals surface area contributed by atoms with Gasteiger partial charge < -0.3 is 15.5 Å². The number of amides is 1. The summed E-state index contributed by atoms with van der Waals surface area (Å²) in [6.07, 6.45) is 0. The normalized spacial score (nSPS) is 10.0. The summed E-state index contributed by atoms with van der Waals surface area (Å²) in [4.78, 5) is 13.9. The van der Waals surface area contributed by atoms with Gasteiger partial charge in [0.05, 0.1) is 6.54 Å². The lowest BCUT2D eigenvalue weighted by atomic mass is 10.2. The van der Waals surface area contributed by atoms with E-state index in [1.165, 1.54) is 0 Å². The lowest BCUT2D eigenvalue weighted by Crippen LogP contribution is -2.21. The van der Waals surface area contributed by atoms with Crippen molar-refractivity contribution in [2.24, 2.45) is 0 Å². The first-order valence-corrected chi connectivity index (χ1v) is 7.40. The van der Waals surface area contributed by atoms with Gasteiger partial charge in [-0.1, -0.05) is 22.0 Å². The van der Waals surface area contributed by atoms with Gasteiger partial charge in [0.2, 0.25) is 5.91 Å². The second kappa shape index (κ2) is 7.13. The molecule has 4 nitrogen and oxygen atoms in total. The molecule has 2 aromatic carbocycles. The van der Waals surface area contributed by atoms with Crippen LogP contribution in [0.5, 0.6) is 0 Å². The van der Waals surface area contributed by atoms with Gasteiger partial charge in [-0.3, -0.25) is 4.79 Å². The molecule has 0 saturated heterocycles. The Morgan fingerprint density at radius 1 is 1.10 bits per heavy atom. The highest BCUT2D eigenvalue weighted by Crippen LogP contribution is 2.16. The molecule has 2 N–H and O–H groups in total. The van der Waals surface area contributed by atoms with E-state index in [1.807, 2.05) is 67.5 Å².